The van der Waals surface area contributed by atoms with E-state index >= 15 is 0 Å². The first-order valence-corrected chi connectivity index (χ1v) is 24.5. The molecule has 0 bridgehead atoms. The van der Waals surface area contributed by atoms with E-state index in [9.17, 15) is 35.5 Å². The fourth-order valence-electron chi connectivity index (χ4n) is 5.82. The van der Waals surface area contributed by atoms with Crippen molar-refractivity contribution in [2.45, 2.75) is 194 Å². The molecule has 0 saturated heterocycles. The summed E-state index contributed by atoms with van der Waals surface area (Å²) in [6.07, 6.45) is 41.6. The van der Waals surface area contributed by atoms with Gasteiger partial charge in [0.15, 0.2) is 0 Å². The number of carbonyl (C=O) groups excluding carboxylic acids is 2. The summed E-state index contributed by atoms with van der Waals surface area (Å²) in [4.78, 5) is 26.3. The van der Waals surface area contributed by atoms with Crippen LogP contribution < -0.4 is 0 Å². The normalized spacial score (nSPS) is 11.7. The van der Waals surface area contributed by atoms with Gasteiger partial charge in [0.2, 0.25) is 11.8 Å². The summed E-state index contributed by atoms with van der Waals surface area (Å²) in [5, 5.41) is 0. The zero-order valence-corrected chi connectivity index (χ0v) is 39.5. The zero-order valence-electron chi connectivity index (χ0n) is 35.6. The Morgan fingerprint density at radius 3 is 0.927 bits per heavy atom. The quantitative estimate of drug-likeness (QED) is 0.0261. The Morgan fingerprint density at radius 2 is 0.673 bits per heavy atom. The molecule has 0 aliphatic rings. The summed E-state index contributed by atoms with van der Waals surface area (Å²) in [7, 11) is -5.41. The number of nitrogens with zero attached hydrogens (tertiary/aromatic N) is 2. The Kier molecular flexibility index (Phi) is 44.5. The van der Waals surface area contributed by atoms with Crippen molar-refractivity contribution in [1.82, 2.24) is 9.80 Å². The van der Waals surface area contributed by atoms with Crippen LogP contribution in [-0.4, -0.2) is 124 Å². The molecule has 2 amide bonds. The van der Waals surface area contributed by atoms with Gasteiger partial charge in [0, 0.05) is 40.0 Å². The third-order valence-electron chi connectivity index (χ3n) is 9.51. The number of unbranched alkanes of at least 4 members (excludes halogenated alkanes) is 22. The van der Waals surface area contributed by atoms with E-state index in [1.807, 2.05) is 0 Å². The van der Waals surface area contributed by atoms with Crippen molar-refractivity contribution in [3.8, 4) is 0 Å². The van der Waals surface area contributed by atoms with E-state index in [-0.39, 0.29) is 62.6 Å². The van der Waals surface area contributed by atoms with Crippen LogP contribution in [0.4, 0.5) is 0 Å². The standard InChI is InChI=1S/2C21H41NO4S.Ca/c2*1-3-4-5-6-7-8-9-10-11-12-13-14-15-16-17-18-21(23)22(2)19-20-27(24,25)26;/h2*10-11H,3-9,12-20H2,1-2H3,(H,24,25,26);/q;;+2/p-2/b2*11-10+;. The van der Waals surface area contributed by atoms with Gasteiger partial charge >= 0.3 is 37.7 Å². The number of hydrogen-bond acceptors (Lipinski definition) is 8. The molecule has 0 rings (SSSR count). The molecule has 0 atom stereocenters. The smallest absolute Gasteiger partial charge is 0.748 e. The van der Waals surface area contributed by atoms with Crippen molar-refractivity contribution >= 4 is 69.8 Å². The van der Waals surface area contributed by atoms with Crippen molar-refractivity contribution in [3.05, 3.63) is 24.3 Å². The van der Waals surface area contributed by atoms with E-state index in [1.165, 1.54) is 125 Å². The van der Waals surface area contributed by atoms with Crippen molar-refractivity contribution < 1.29 is 35.5 Å². The summed E-state index contributed by atoms with van der Waals surface area (Å²) >= 11 is 0. The van der Waals surface area contributed by atoms with Gasteiger partial charge in [0.1, 0.15) is 0 Å². The van der Waals surface area contributed by atoms with Crippen LogP contribution in [0.3, 0.4) is 0 Å². The van der Waals surface area contributed by atoms with Crippen LogP contribution in [0.5, 0.6) is 0 Å². The minimum absolute atomic E-state index is 0. The average molecular weight is 845 g/mol. The van der Waals surface area contributed by atoms with Gasteiger partial charge in [0.05, 0.1) is 31.7 Å². The molecule has 55 heavy (non-hydrogen) atoms. The molecule has 13 heteroatoms. The predicted octanol–water partition coefficient (Wildman–Crippen LogP) is 9.67. The molecule has 10 nitrogen and oxygen atoms in total. The van der Waals surface area contributed by atoms with Crippen LogP contribution in [0, 0.1) is 0 Å². The van der Waals surface area contributed by atoms with Crippen LogP contribution in [0.15, 0.2) is 24.3 Å². The van der Waals surface area contributed by atoms with Gasteiger partial charge in [-0.2, -0.15) is 0 Å². The number of carbonyl (C=O) groups is 2. The van der Waals surface area contributed by atoms with E-state index in [0.29, 0.717) is 12.8 Å². The summed E-state index contributed by atoms with van der Waals surface area (Å²) in [5.74, 6) is -1.20. The first-order valence-electron chi connectivity index (χ1n) is 21.4. The molecule has 0 fully saturated rings. The topological polar surface area (TPSA) is 155 Å². The Balaban J connectivity index is -0.000000966. The third kappa shape index (κ3) is 49.6. The molecule has 320 valence electrons. The minimum atomic E-state index is -4.25. The average Bonchev–Trinajstić information content (AvgIpc) is 3.12. The largest absolute Gasteiger partial charge is 2.00 e. The molecule has 0 aromatic rings. The van der Waals surface area contributed by atoms with E-state index in [2.05, 4.69) is 38.2 Å². The van der Waals surface area contributed by atoms with Crippen molar-refractivity contribution in [2.75, 3.05) is 38.7 Å². The maximum absolute atomic E-state index is 11.8. The van der Waals surface area contributed by atoms with Gasteiger partial charge in [-0.1, -0.05) is 141 Å². The van der Waals surface area contributed by atoms with Crippen LogP contribution in [0.2, 0.25) is 0 Å². The molecule has 0 aromatic carbocycles. The van der Waals surface area contributed by atoms with E-state index in [1.54, 1.807) is 14.1 Å². The van der Waals surface area contributed by atoms with E-state index in [0.717, 1.165) is 51.4 Å². The Labute approximate surface area is 369 Å². The first-order chi connectivity index (χ1) is 25.7. The summed E-state index contributed by atoms with van der Waals surface area (Å²) in [5.41, 5.74) is 0. The van der Waals surface area contributed by atoms with Gasteiger partial charge in [-0.3, -0.25) is 9.59 Å². The summed E-state index contributed by atoms with van der Waals surface area (Å²) in [6, 6.07) is 0. The van der Waals surface area contributed by atoms with Gasteiger partial charge in [0.25, 0.3) is 0 Å². The van der Waals surface area contributed by atoms with Crippen molar-refractivity contribution in [3.63, 3.8) is 0 Å². The predicted molar refractivity (Wildman–Crippen MR) is 229 cm³/mol. The van der Waals surface area contributed by atoms with Gasteiger partial charge < -0.3 is 18.9 Å². The number of amides is 2. The molecule has 0 heterocycles. The number of hydrogen-bond donors (Lipinski definition) is 0. The van der Waals surface area contributed by atoms with Gasteiger partial charge in [-0.15, -0.1) is 0 Å². The molecule has 0 unspecified atom stereocenters. The molecular formula is C42H80CaN2O8S2. The molecule has 0 aromatic heterocycles. The molecule has 0 spiro atoms. The maximum Gasteiger partial charge on any atom is 2.00 e. The van der Waals surface area contributed by atoms with Gasteiger partial charge in [-0.25, -0.2) is 16.8 Å². The second-order valence-electron chi connectivity index (χ2n) is 14.8. The van der Waals surface area contributed by atoms with E-state index < -0.39 is 31.7 Å². The SMILES string of the molecule is CCCCCCCC/C=C/CCCCCCCC(=O)N(C)CCS(=O)(=O)[O-].CCCCCCCC/C=C/CCCCCCCC(=O)N(C)CCS(=O)(=O)[O-].[Ca+2]. The third-order valence-corrected chi connectivity index (χ3v) is 10.9. The Bertz CT molecular complexity index is 1070. The summed E-state index contributed by atoms with van der Waals surface area (Å²) in [6.45, 7) is 4.46. The fraction of sp³-hybridized carbons (Fsp3) is 0.857. The maximum atomic E-state index is 11.8. The van der Waals surface area contributed by atoms with Crippen LogP contribution in [-0.2, 0) is 29.8 Å². The monoisotopic (exact) mass is 844 g/mol. The fourth-order valence-corrected chi connectivity index (χ4v) is 6.82. The number of allylic oxidation sites excluding steroid dienone is 4. The van der Waals surface area contributed by atoms with Gasteiger partial charge in [-0.05, 0) is 64.2 Å². The van der Waals surface area contributed by atoms with Crippen LogP contribution in [0.25, 0.3) is 0 Å². The Hall–Kier alpha value is -0.500. The van der Waals surface area contributed by atoms with Crippen LogP contribution in [0.1, 0.15) is 194 Å². The van der Waals surface area contributed by atoms with Crippen molar-refractivity contribution in [2.24, 2.45) is 0 Å². The summed E-state index contributed by atoms with van der Waals surface area (Å²) < 4.78 is 63.4. The van der Waals surface area contributed by atoms with Crippen LogP contribution >= 0.6 is 0 Å². The van der Waals surface area contributed by atoms with Crippen molar-refractivity contribution in [1.29, 1.82) is 0 Å². The molecule has 0 aliphatic carbocycles. The second-order valence-corrected chi connectivity index (χ2v) is 17.9. The second kappa shape index (κ2) is 41.7. The molecule has 0 N–H and O–H groups in total. The molecule has 0 saturated carbocycles. The Morgan fingerprint density at radius 1 is 0.436 bits per heavy atom. The number of rotatable bonds is 36. The first kappa shape index (κ1) is 58.8. The zero-order chi connectivity index (χ0) is 40.8. The molecular weight excluding hydrogens is 765 g/mol. The minimum Gasteiger partial charge on any atom is -0.748 e. The molecule has 0 aliphatic heterocycles. The molecule has 0 radical (unpaired) electrons. The van der Waals surface area contributed by atoms with E-state index in [4.69, 9.17) is 0 Å².